The highest BCUT2D eigenvalue weighted by molar-refractivity contribution is 5.79. The van der Waals surface area contributed by atoms with E-state index in [1.165, 1.54) is 0 Å². The van der Waals surface area contributed by atoms with Crippen molar-refractivity contribution < 1.29 is 14.3 Å². The minimum Gasteiger partial charge on any atom is -0.497 e. The number of rotatable bonds is 3. The van der Waals surface area contributed by atoms with Crippen molar-refractivity contribution in [3.05, 3.63) is 29.8 Å². The minimum absolute atomic E-state index is 0.0935. The first-order valence-electron chi connectivity index (χ1n) is 7.95. The van der Waals surface area contributed by atoms with E-state index in [0.29, 0.717) is 13.2 Å². The molecular weight excluding hydrogens is 280 g/mol. The van der Waals surface area contributed by atoms with Gasteiger partial charge in [0, 0.05) is 6.54 Å². The molecule has 5 heteroatoms. The Morgan fingerprint density at radius 2 is 2.27 bits per heavy atom. The molecule has 2 aliphatic heterocycles. The molecule has 5 nitrogen and oxygen atoms in total. The maximum absolute atomic E-state index is 12.5. The van der Waals surface area contributed by atoms with Crippen LogP contribution in [0, 0.1) is 0 Å². The quantitative estimate of drug-likeness (QED) is 0.921. The zero-order valence-corrected chi connectivity index (χ0v) is 13.1. The van der Waals surface area contributed by atoms with Crippen molar-refractivity contribution in [3.8, 4) is 5.75 Å². The lowest BCUT2D eigenvalue weighted by Crippen LogP contribution is -2.59. The molecule has 3 rings (SSSR count). The molecule has 0 aromatic heterocycles. The van der Waals surface area contributed by atoms with Gasteiger partial charge in [0.25, 0.3) is 0 Å². The van der Waals surface area contributed by atoms with Gasteiger partial charge < -0.3 is 19.7 Å². The van der Waals surface area contributed by atoms with Crippen LogP contribution in [0.25, 0.3) is 0 Å². The molecule has 120 valence electrons. The third-order valence-corrected chi connectivity index (χ3v) is 4.71. The van der Waals surface area contributed by atoms with E-state index in [9.17, 15) is 4.79 Å². The van der Waals surface area contributed by atoms with Gasteiger partial charge in [0.1, 0.15) is 12.4 Å². The summed E-state index contributed by atoms with van der Waals surface area (Å²) in [7, 11) is 1.66. The summed E-state index contributed by atoms with van der Waals surface area (Å²) in [5.41, 5.74) is 0.938. The van der Waals surface area contributed by atoms with Gasteiger partial charge in [-0.25, -0.2) is 0 Å². The third-order valence-electron chi connectivity index (χ3n) is 4.71. The van der Waals surface area contributed by atoms with E-state index < -0.39 is 0 Å². The second-order valence-electron chi connectivity index (χ2n) is 6.15. The maximum Gasteiger partial charge on any atom is 0.249 e. The first-order chi connectivity index (χ1) is 10.7. The molecule has 1 spiro atoms. The zero-order chi connectivity index (χ0) is 15.4. The van der Waals surface area contributed by atoms with Crippen LogP contribution in [-0.4, -0.2) is 49.8 Å². The third kappa shape index (κ3) is 3.10. The van der Waals surface area contributed by atoms with E-state index in [4.69, 9.17) is 9.47 Å². The molecule has 1 N–H and O–H groups in total. The highest BCUT2D eigenvalue weighted by atomic mass is 16.5. The van der Waals surface area contributed by atoms with E-state index in [2.05, 4.69) is 5.32 Å². The lowest BCUT2D eigenvalue weighted by molar-refractivity contribution is -0.160. The van der Waals surface area contributed by atoms with E-state index in [-0.39, 0.29) is 18.1 Å². The largest absolute Gasteiger partial charge is 0.497 e. The summed E-state index contributed by atoms with van der Waals surface area (Å²) in [6, 6.07) is 7.95. The van der Waals surface area contributed by atoms with E-state index in [1.54, 1.807) is 7.11 Å². The molecule has 0 aliphatic carbocycles. The molecule has 0 bridgehead atoms. The van der Waals surface area contributed by atoms with Crippen LogP contribution in [-0.2, 0) is 16.1 Å². The van der Waals surface area contributed by atoms with Crippen molar-refractivity contribution in [1.82, 2.24) is 10.2 Å². The number of benzene rings is 1. The predicted molar refractivity (Wildman–Crippen MR) is 83.8 cm³/mol. The molecule has 0 radical (unpaired) electrons. The molecule has 1 amide bonds. The number of ether oxygens (including phenoxy) is 2. The van der Waals surface area contributed by atoms with Gasteiger partial charge in [-0.3, -0.25) is 4.79 Å². The second kappa shape index (κ2) is 6.67. The van der Waals surface area contributed by atoms with Gasteiger partial charge in [-0.15, -0.1) is 0 Å². The van der Waals surface area contributed by atoms with Crippen LogP contribution in [0.15, 0.2) is 24.3 Å². The minimum atomic E-state index is -0.165. The molecule has 0 saturated carbocycles. The summed E-state index contributed by atoms with van der Waals surface area (Å²) in [5.74, 6) is 0.922. The number of morpholine rings is 1. The number of methoxy groups -OCH3 is 1. The standard InChI is InChI=1S/C17H24N2O3/c1-21-15-5-2-4-14(10-15)11-19-16(20)12-22-13-17(19)6-3-8-18-9-7-17/h2,4-5,10,18H,3,6-9,11-13H2,1H3. The monoisotopic (exact) mass is 304 g/mol. The number of carbonyl (C=O) groups excluding carboxylic acids is 1. The van der Waals surface area contributed by atoms with Gasteiger partial charge in [-0.1, -0.05) is 12.1 Å². The van der Waals surface area contributed by atoms with Crippen LogP contribution in [0.3, 0.4) is 0 Å². The summed E-state index contributed by atoms with van der Waals surface area (Å²) in [4.78, 5) is 14.5. The Kier molecular flexibility index (Phi) is 4.64. The van der Waals surface area contributed by atoms with Crippen molar-refractivity contribution in [3.63, 3.8) is 0 Å². The molecule has 1 unspecified atom stereocenters. The normalized spacial score (nSPS) is 26.0. The number of nitrogens with one attached hydrogen (secondary N) is 1. The average molecular weight is 304 g/mol. The average Bonchev–Trinajstić information content (AvgIpc) is 2.78. The van der Waals surface area contributed by atoms with Crippen molar-refractivity contribution >= 4 is 5.91 Å². The number of carbonyl (C=O) groups is 1. The van der Waals surface area contributed by atoms with Crippen LogP contribution in [0.1, 0.15) is 24.8 Å². The first-order valence-corrected chi connectivity index (χ1v) is 7.95. The summed E-state index contributed by atoms with van der Waals surface area (Å²) >= 11 is 0. The van der Waals surface area contributed by atoms with E-state index >= 15 is 0 Å². The molecule has 22 heavy (non-hydrogen) atoms. The number of nitrogens with zero attached hydrogens (tertiary/aromatic N) is 1. The molecule has 2 fully saturated rings. The molecule has 2 saturated heterocycles. The summed E-state index contributed by atoms with van der Waals surface area (Å²) in [5, 5.41) is 3.42. The molecule has 2 heterocycles. The molecule has 1 aromatic rings. The number of hydrogen-bond acceptors (Lipinski definition) is 4. The van der Waals surface area contributed by atoms with Gasteiger partial charge in [0.05, 0.1) is 19.3 Å². The second-order valence-corrected chi connectivity index (χ2v) is 6.15. The van der Waals surface area contributed by atoms with Gasteiger partial charge >= 0.3 is 0 Å². The summed E-state index contributed by atoms with van der Waals surface area (Å²) in [6.45, 7) is 3.41. The first kappa shape index (κ1) is 15.3. The SMILES string of the molecule is COc1cccc(CN2C(=O)COCC23CCCNCC3)c1. The van der Waals surface area contributed by atoms with Gasteiger partial charge in [0.2, 0.25) is 5.91 Å². The van der Waals surface area contributed by atoms with Crippen molar-refractivity contribution in [1.29, 1.82) is 0 Å². The Morgan fingerprint density at radius 3 is 3.14 bits per heavy atom. The Morgan fingerprint density at radius 1 is 1.36 bits per heavy atom. The van der Waals surface area contributed by atoms with Gasteiger partial charge in [0.15, 0.2) is 0 Å². The molecule has 1 aromatic carbocycles. The van der Waals surface area contributed by atoms with Crippen LogP contribution in [0.5, 0.6) is 5.75 Å². The van der Waals surface area contributed by atoms with Crippen molar-refractivity contribution in [2.45, 2.75) is 31.3 Å². The van der Waals surface area contributed by atoms with Gasteiger partial charge in [-0.05, 0) is 50.0 Å². The van der Waals surface area contributed by atoms with Crippen LogP contribution in [0.2, 0.25) is 0 Å². The van der Waals surface area contributed by atoms with Crippen LogP contribution < -0.4 is 10.1 Å². The number of amides is 1. The molecular formula is C17H24N2O3. The summed E-state index contributed by atoms with van der Waals surface area (Å²) < 4.78 is 10.9. The molecule has 2 aliphatic rings. The lowest BCUT2D eigenvalue weighted by Gasteiger charge is -2.46. The Hall–Kier alpha value is -1.59. The van der Waals surface area contributed by atoms with E-state index in [1.807, 2.05) is 29.2 Å². The zero-order valence-electron chi connectivity index (χ0n) is 13.1. The topological polar surface area (TPSA) is 50.8 Å². The fourth-order valence-corrected chi connectivity index (χ4v) is 3.49. The fraction of sp³-hybridized carbons (Fsp3) is 0.588. The highest BCUT2D eigenvalue weighted by Gasteiger charge is 2.43. The Labute approximate surface area is 131 Å². The van der Waals surface area contributed by atoms with Crippen molar-refractivity contribution in [2.75, 3.05) is 33.4 Å². The van der Waals surface area contributed by atoms with Gasteiger partial charge in [-0.2, -0.15) is 0 Å². The van der Waals surface area contributed by atoms with Crippen molar-refractivity contribution in [2.24, 2.45) is 0 Å². The van der Waals surface area contributed by atoms with E-state index in [0.717, 1.165) is 43.7 Å². The van der Waals surface area contributed by atoms with Crippen LogP contribution >= 0.6 is 0 Å². The highest BCUT2D eigenvalue weighted by Crippen LogP contribution is 2.32. The van der Waals surface area contributed by atoms with Crippen LogP contribution in [0.4, 0.5) is 0 Å². The lowest BCUT2D eigenvalue weighted by atomic mass is 9.87. The predicted octanol–water partition coefficient (Wildman–Crippen LogP) is 1.57. The Balaban J connectivity index is 1.84. The maximum atomic E-state index is 12.5. The summed E-state index contributed by atoms with van der Waals surface area (Å²) in [6.07, 6.45) is 3.02. The smallest absolute Gasteiger partial charge is 0.249 e. The number of hydrogen-bond donors (Lipinski definition) is 1. The molecule has 1 atom stereocenters. The fourth-order valence-electron chi connectivity index (χ4n) is 3.49. The Bertz CT molecular complexity index is 524.